The number of nitrogens with one attached hydrogen (secondary N) is 1. The van der Waals surface area contributed by atoms with Gasteiger partial charge in [-0.25, -0.2) is 0 Å². The second-order valence-electron chi connectivity index (χ2n) is 2.21. The van der Waals surface area contributed by atoms with E-state index in [1.807, 2.05) is 12.3 Å². The van der Waals surface area contributed by atoms with Crippen LogP contribution in [0, 0.1) is 0 Å². The molecule has 2 rings (SSSR count). The van der Waals surface area contributed by atoms with Gasteiger partial charge in [0.05, 0.1) is 5.69 Å². The summed E-state index contributed by atoms with van der Waals surface area (Å²) in [6.45, 7) is 1.93. The van der Waals surface area contributed by atoms with Crippen molar-refractivity contribution in [3.63, 3.8) is 0 Å². The van der Waals surface area contributed by atoms with Gasteiger partial charge in [0.1, 0.15) is 0 Å². The Labute approximate surface area is 55.4 Å². The molecule has 0 fully saturated rings. The first kappa shape index (κ1) is 4.94. The fourth-order valence-electron chi connectivity index (χ4n) is 1.11. The summed E-state index contributed by atoms with van der Waals surface area (Å²) < 4.78 is 0. The monoisotopic (exact) mass is 122 g/mol. The number of fused-ring (bicyclic) bond motifs is 1. The summed E-state index contributed by atoms with van der Waals surface area (Å²) in [7, 11) is 0. The Morgan fingerprint density at radius 3 is 3.44 bits per heavy atom. The Bertz CT molecular complexity index is 202. The number of aromatic nitrogens is 1. The molecule has 2 heterocycles. The Kier molecular flexibility index (Phi) is 0.993. The van der Waals surface area contributed by atoms with Crippen molar-refractivity contribution in [2.24, 2.45) is 0 Å². The number of nitrogens with zero attached hydrogens (tertiary/aromatic N) is 1. The zero-order valence-electron chi connectivity index (χ0n) is 5.09. The summed E-state index contributed by atoms with van der Waals surface area (Å²) in [4.78, 5) is 4.20. The van der Waals surface area contributed by atoms with E-state index >= 15 is 0 Å². The SMILES string of the molecule is [HH].c1cnc2c(c1)CNC2. The molecule has 2 heteroatoms. The molecule has 0 spiro atoms. The van der Waals surface area contributed by atoms with Crippen LogP contribution in [-0.2, 0) is 13.1 Å². The third-order valence-electron chi connectivity index (χ3n) is 1.59. The lowest BCUT2D eigenvalue weighted by Crippen LogP contribution is -2.00. The zero-order valence-corrected chi connectivity index (χ0v) is 5.09. The molecular weight excluding hydrogens is 112 g/mol. The Morgan fingerprint density at radius 1 is 1.56 bits per heavy atom. The summed E-state index contributed by atoms with van der Waals surface area (Å²) in [6.07, 6.45) is 1.84. The molecule has 0 saturated carbocycles. The van der Waals surface area contributed by atoms with Crippen LogP contribution in [0.2, 0.25) is 0 Å². The molecule has 0 unspecified atom stereocenters. The first-order valence-corrected chi connectivity index (χ1v) is 3.10. The second-order valence-corrected chi connectivity index (χ2v) is 2.21. The quantitative estimate of drug-likeness (QED) is 0.553. The first-order valence-electron chi connectivity index (χ1n) is 3.10. The van der Waals surface area contributed by atoms with Crippen LogP contribution in [0.5, 0.6) is 0 Å². The molecule has 48 valence electrons. The normalized spacial score (nSPS) is 15.6. The van der Waals surface area contributed by atoms with E-state index in [0.717, 1.165) is 13.1 Å². The highest BCUT2D eigenvalue weighted by molar-refractivity contribution is 5.22. The number of pyridine rings is 1. The third kappa shape index (κ3) is 0.715. The maximum Gasteiger partial charge on any atom is 0.0586 e. The van der Waals surface area contributed by atoms with Crippen molar-refractivity contribution in [3.05, 3.63) is 29.6 Å². The maximum atomic E-state index is 4.20. The van der Waals surface area contributed by atoms with E-state index < -0.39 is 0 Å². The summed E-state index contributed by atoms with van der Waals surface area (Å²) in [5, 5.41) is 3.23. The van der Waals surface area contributed by atoms with Gasteiger partial charge >= 0.3 is 0 Å². The van der Waals surface area contributed by atoms with Crippen LogP contribution in [0.3, 0.4) is 0 Å². The minimum Gasteiger partial charge on any atom is -0.307 e. The standard InChI is InChI=1S/C7H8N2.H2/c1-2-6-4-8-5-7(6)9-3-1;/h1-3,8H,4-5H2;1H. The highest BCUT2D eigenvalue weighted by Gasteiger charge is 2.07. The van der Waals surface area contributed by atoms with Crippen LogP contribution in [0.4, 0.5) is 0 Å². The van der Waals surface area contributed by atoms with Crippen molar-refractivity contribution in [2.75, 3.05) is 0 Å². The summed E-state index contributed by atoms with van der Waals surface area (Å²) >= 11 is 0. The molecule has 0 saturated heterocycles. The van der Waals surface area contributed by atoms with Crippen LogP contribution in [0.1, 0.15) is 12.7 Å². The largest absolute Gasteiger partial charge is 0.307 e. The molecule has 2 nitrogen and oxygen atoms in total. The minimum absolute atomic E-state index is 0. The van der Waals surface area contributed by atoms with Crippen LogP contribution >= 0.6 is 0 Å². The lowest BCUT2D eigenvalue weighted by molar-refractivity contribution is 0.757. The Hall–Kier alpha value is -0.890. The van der Waals surface area contributed by atoms with Crippen molar-refractivity contribution >= 4 is 0 Å². The van der Waals surface area contributed by atoms with Crippen LogP contribution in [0.15, 0.2) is 18.3 Å². The molecule has 1 aromatic heterocycles. The molecule has 1 aromatic rings. The van der Waals surface area contributed by atoms with E-state index in [1.165, 1.54) is 11.3 Å². The summed E-state index contributed by atoms with van der Waals surface area (Å²) in [6, 6.07) is 4.09. The lowest BCUT2D eigenvalue weighted by Gasteiger charge is -1.90. The van der Waals surface area contributed by atoms with Gasteiger partial charge in [-0.3, -0.25) is 4.98 Å². The van der Waals surface area contributed by atoms with Gasteiger partial charge in [0.25, 0.3) is 0 Å². The topological polar surface area (TPSA) is 24.9 Å². The van der Waals surface area contributed by atoms with E-state index in [-0.39, 0.29) is 1.43 Å². The first-order chi connectivity index (χ1) is 4.47. The average Bonchev–Trinajstić information content (AvgIpc) is 2.33. The van der Waals surface area contributed by atoms with E-state index in [1.54, 1.807) is 0 Å². The smallest absolute Gasteiger partial charge is 0.0586 e. The minimum atomic E-state index is 0. The van der Waals surface area contributed by atoms with Crippen molar-refractivity contribution in [1.82, 2.24) is 10.3 Å². The molecule has 9 heavy (non-hydrogen) atoms. The predicted octanol–water partition coefficient (Wildman–Crippen LogP) is 0.931. The van der Waals surface area contributed by atoms with Gasteiger partial charge in [0.2, 0.25) is 0 Å². The van der Waals surface area contributed by atoms with Gasteiger partial charge in [-0.1, -0.05) is 6.07 Å². The Balaban J connectivity index is 0.000000500. The van der Waals surface area contributed by atoms with Crippen LogP contribution < -0.4 is 5.32 Å². The van der Waals surface area contributed by atoms with E-state index in [4.69, 9.17) is 0 Å². The van der Waals surface area contributed by atoms with Crippen LogP contribution in [0.25, 0.3) is 0 Å². The van der Waals surface area contributed by atoms with E-state index in [9.17, 15) is 0 Å². The van der Waals surface area contributed by atoms with Gasteiger partial charge in [-0.05, 0) is 11.6 Å². The zero-order chi connectivity index (χ0) is 6.10. The Morgan fingerprint density at radius 2 is 2.56 bits per heavy atom. The summed E-state index contributed by atoms with van der Waals surface area (Å²) in [5.41, 5.74) is 2.55. The molecule has 0 aromatic carbocycles. The maximum absolute atomic E-state index is 4.20. The van der Waals surface area contributed by atoms with Crippen molar-refractivity contribution in [3.8, 4) is 0 Å². The van der Waals surface area contributed by atoms with Gasteiger partial charge < -0.3 is 5.32 Å². The molecule has 0 aliphatic carbocycles. The van der Waals surface area contributed by atoms with E-state index in [0.29, 0.717) is 0 Å². The van der Waals surface area contributed by atoms with E-state index in [2.05, 4.69) is 16.4 Å². The molecule has 1 aliphatic heterocycles. The van der Waals surface area contributed by atoms with Crippen LogP contribution in [-0.4, -0.2) is 4.98 Å². The van der Waals surface area contributed by atoms with Gasteiger partial charge in [0, 0.05) is 20.7 Å². The van der Waals surface area contributed by atoms with Gasteiger partial charge in [-0.15, -0.1) is 0 Å². The predicted molar refractivity (Wildman–Crippen MR) is 36.9 cm³/mol. The highest BCUT2D eigenvalue weighted by atomic mass is 14.9. The third-order valence-corrected chi connectivity index (χ3v) is 1.59. The lowest BCUT2D eigenvalue weighted by atomic mass is 10.2. The summed E-state index contributed by atoms with van der Waals surface area (Å²) in [5.74, 6) is 0. The molecule has 1 N–H and O–H groups in total. The fourth-order valence-corrected chi connectivity index (χ4v) is 1.11. The van der Waals surface area contributed by atoms with Gasteiger partial charge in [-0.2, -0.15) is 0 Å². The molecule has 0 radical (unpaired) electrons. The second kappa shape index (κ2) is 1.81. The highest BCUT2D eigenvalue weighted by Crippen LogP contribution is 2.09. The van der Waals surface area contributed by atoms with Crippen molar-refractivity contribution < 1.29 is 1.43 Å². The molecule has 0 bridgehead atoms. The van der Waals surface area contributed by atoms with Crippen molar-refractivity contribution in [2.45, 2.75) is 13.1 Å². The number of hydrogen-bond acceptors (Lipinski definition) is 2. The average molecular weight is 122 g/mol. The number of rotatable bonds is 0. The fraction of sp³-hybridized carbons (Fsp3) is 0.286. The number of hydrogen-bond donors (Lipinski definition) is 1. The molecule has 0 amide bonds. The molecule has 1 aliphatic rings. The molecular formula is C7H10N2. The van der Waals surface area contributed by atoms with Crippen molar-refractivity contribution in [1.29, 1.82) is 0 Å². The van der Waals surface area contributed by atoms with Gasteiger partial charge in [0.15, 0.2) is 0 Å². The molecule has 0 atom stereocenters.